The number of thiazole rings is 1. The van der Waals surface area contributed by atoms with Crippen molar-refractivity contribution < 1.29 is 14.0 Å². The lowest BCUT2D eigenvalue weighted by molar-refractivity contribution is -0.131. The van der Waals surface area contributed by atoms with Gasteiger partial charge in [-0.2, -0.15) is 0 Å². The summed E-state index contributed by atoms with van der Waals surface area (Å²) in [4.78, 5) is 30.5. The molecule has 2 N–H and O–H groups in total. The van der Waals surface area contributed by atoms with E-state index in [1.165, 1.54) is 17.6 Å². The van der Waals surface area contributed by atoms with E-state index in [0.717, 1.165) is 25.9 Å². The van der Waals surface area contributed by atoms with E-state index < -0.39 is 0 Å². The van der Waals surface area contributed by atoms with Crippen LogP contribution in [0.5, 0.6) is 0 Å². The van der Waals surface area contributed by atoms with Crippen molar-refractivity contribution in [3.8, 4) is 0 Å². The van der Waals surface area contributed by atoms with Gasteiger partial charge in [0.2, 0.25) is 5.91 Å². The SMILES string of the molecule is CNC1CCCN(C(=O)Cc2csc(NC(=O)c3ccco3)n2)C1. The Hall–Kier alpha value is -2.19. The number of carbonyl (C=O) groups is 2. The van der Waals surface area contributed by atoms with Gasteiger partial charge in [0.05, 0.1) is 18.4 Å². The van der Waals surface area contributed by atoms with Crippen molar-refractivity contribution in [2.45, 2.75) is 25.3 Å². The van der Waals surface area contributed by atoms with Crippen molar-refractivity contribution in [2.24, 2.45) is 0 Å². The molecule has 2 aromatic rings. The topological polar surface area (TPSA) is 87.5 Å². The molecule has 128 valence electrons. The van der Waals surface area contributed by atoms with Crippen LogP contribution in [0, 0.1) is 0 Å². The van der Waals surface area contributed by atoms with Crippen LogP contribution >= 0.6 is 11.3 Å². The number of amides is 2. The molecule has 7 nitrogen and oxygen atoms in total. The summed E-state index contributed by atoms with van der Waals surface area (Å²) in [5.74, 6) is -0.0430. The molecule has 0 saturated carbocycles. The minimum Gasteiger partial charge on any atom is -0.459 e. The van der Waals surface area contributed by atoms with Gasteiger partial charge in [-0.05, 0) is 32.0 Å². The number of likely N-dealkylation sites (tertiary alicyclic amines) is 1. The van der Waals surface area contributed by atoms with Crippen LogP contribution in [-0.4, -0.2) is 47.9 Å². The molecule has 3 rings (SSSR count). The molecule has 1 aliphatic rings. The Kier molecular flexibility index (Phi) is 5.27. The number of likely N-dealkylation sites (N-methyl/N-ethyl adjacent to an activating group) is 1. The summed E-state index contributed by atoms with van der Waals surface area (Å²) in [5, 5.41) is 8.17. The lowest BCUT2D eigenvalue weighted by atomic mass is 10.1. The molecule has 8 heteroatoms. The highest BCUT2D eigenvalue weighted by molar-refractivity contribution is 7.14. The van der Waals surface area contributed by atoms with Gasteiger partial charge >= 0.3 is 0 Å². The second-order valence-corrected chi connectivity index (χ2v) is 6.58. The van der Waals surface area contributed by atoms with Crippen LogP contribution < -0.4 is 10.6 Å². The molecule has 0 bridgehead atoms. The summed E-state index contributed by atoms with van der Waals surface area (Å²) in [6.45, 7) is 1.53. The second kappa shape index (κ2) is 7.59. The first-order valence-electron chi connectivity index (χ1n) is 7.90. The number of anilines is 1. The van der Waals surface area contributed by atoms with Gasteiger partial charge in [0, 0.05) is 24.5 Å². The molecule has 3 heterocycles. The van der Waals surface area contributed by atoms with Gasteiger partial charge in [0.15, 0.2) is 10.9 Å². The van der Waals surface area contributed by atoms with Crippen molar-refractivity contribution in [1.29, 1.82) is 0 Å². The highest BCUT2D eigenvalue weighted by Crippen LogP contribution is 2.18. The number of piperidine rings is 1. The summed E-state index contributed by atoms with van der Waals surface area (Å²) in [6.07, 6.45) is 3.81. The average Bonchev–Trinajstić information content (AvgIpc) is 3.27. The molecule has 1 aliphatic heterocycles. The Labute approximate surface area is 144 Å². The Morgan fingerprint density at radius 2 is 2.38 bits per heavy atom. The first kappa shape index (κ1) is 16.7. The van der Waals surface area contributed by atoms with Crippen molar-refractivity contribution in [2.75, 3.05) is 25.5 Å². The van der Waals surface area contributed by atoms with Crippen LogP contribution in [0.2, 0.25) is 0 Å². The average molecular weight is 348 g/mol. The van der Waals surface area contributed by atoms with Crippen LogP contribution in [0.15, 0.2) is 28.2 Å². The maximum absolute atomic E-state index is 12.4. The number of aromatic nitrogens is 1. The van der Waals surface area contributed by atoms with E-state index in [9.17, 15) is 9.59 Å². The van der Waals surface area contributed by atoms with E-state index >= 15 is 0 Å². The highest BCUT2D eigenvalue weighted by atomic mass is 32.1. The van der Waals surface area contributed by atoms with Crippen molar-refractivity contribution in [1.82, 2.24) is 15.2 Å². The van der Waals surface area contributed by atoms with E-state index in [1.807, 2.05) is 11.9 Å². The molecule has 1 fully saturated rings. The third-order valence-corrected chi connectivity index (χ3v) is 4.84. The van der Waals surface area contributed by atoms with Gasteiger partial charge in [0.25, 0.3) is 5.91 Å². The largest absolute Gasteiger partial charge is 0.459 e. The number of hydrogen-bond acceptors (Lipinski definition) is 6. The highest BCUT2D eigenvalue weighted by Gasteiger charge is 2.23. The fourth-order valence-electron chi connectivity index (χ4n) is 2.72. The molecular weight excluding hydrogens is 328 g/mol. The molecule has 1 atom stereocenters. The normalized spacial score (nSPS) is 17.7. The second-order valence-electron chi connectivity index (χ2n) is 5.72. The quantitative estimate of drug-likeness (QED) is 0.859. The zero-order valence-electron chi connectivity index (χ0n) is 13.4. The monoisotopic (exact) mass is 348 g/mol. The minimum absolute atomic E-state index is 0.0733. The first-order chi connectivity index (χ1) is 11.7. The summed E-state index contributed by atoms with van der Waals surface area (Å²) in [5.41, 5.74) is 0.673. The Balaban J connectivity index is 1.55. The summed E-state index contributed by atoms with van der Waals surface area (Å²) in [6, 6.07) is 3.60. The number of carbonyl (C=O) groups excluding carboxylic acids is 2. The Morgan fingerprint density at radius 1 is 1.50 bits per heavy atom. The third-order valence-electron chi connectivity index (χ3n) is 4.03. The number of furan rings is 1. The van der Waals surface area contributed by atoms with Gasteiger partial charge in [0.1, 0.15) is 0 Å². The predicted octanol–water partition coefficient (Wildman–Crippen LogP) is 1.74. The maximum atomic E-state index is 12.4. The predicted molar refractivity (Wildman–Crippen MR) is 91.1 cm³/mol. The van der Waals surface area contributed by atoms with Gasteiger partial charge in [-0.1, -0.05) is 0 Å². The van der Waals surface area contributed by atoms with Crippen LogP contribution in [0.1, 0.15) is 29.1 Å². The molecule has 0 spiro atoms. The standard InChI is InChI=1S/C16H20N4O3S/c1-17-11-4-2-6-20(9-11)14(21)8-12-10-24-16(18-12)19-15(22)13-5-3-7-23-13/h3,5,7,10-11,17H,2,4,6,8-9H2,1H3,(H,18,19,22). The number of nitrogens with one attached hydrogen (secondary N) is 2. The Morgan fingerprint density at radius 3 is 3.12 bits per heavy atom. The van der Waals surface area contributed by atoms with E-state index in [2.05, 4.69) is 15.6 Å². The van der Waals surface area contributed by atoms with E-state index in [4.69, 9.17) is 4.42 Å². The van der Waals surface area contributed by atoms with E-state index in [1.54, 1.807) is 17.5 Å². The summed E-state index contributed by atoms with van der Waals surface area (Å²) < 4.78 is 5.04. The third kappa shape index (κ3) is 4.01. The van der Waals surface area contributed by atoms with Crippen LogP contribution in [-0.2, 0) is 11.2 Å². The molecule has 0 aliphatic carbocycles. The zero-order chi connectivity index (χ0) is 16.9. The van der Waals surface area contributed by atoms with Crippen molar-refractivity contribution >= 4 is 28.3 Å². The molecule has 1 unspecified atom stereocenters. The zero-order valence-corrected chi connectivity index (χ0v) is 14.3. The molecule has 0 radical (unpaired) electrons. The molecule has 24 heavy (non-hydrogen) atoms. The molecule has 0 aromatic carbocycles. The van der Waals surface area contributed by atoms with Crippen LogP contribution in [0.3, 0.4) is 0 Å². The lowest BCUT2D eigenvalue weighted by Gasteiger charge is -2.32. The summed E-state index contributed by atoms with van der Waals surface area (Å²) >= 11 is 1.30. The lowest BCUT2D eigenvalue weighted by Crippen LogP contribution is -2.47. The van der Waals surface area contributed by atoms with Crippen molar-refractivity contribution in [3.05, 3.63) is 35.2 Å². The van der Waals surface area contributed by atoms with Gasteiger partial charge in [-0.15, -0.1) is 11.3 Å². The summed E-state index contributed by atoms with van der Waals surface area (Å²) in [7, 11) is 1.92. The van der Waals surface area contributed by atoms with Gasteiger partial charge in [-0.25, -0.2) is 4.98 Å². The smallest absolute Gasteiger partial charge is 0.293 e. The van der Waals surface area contributed by atoms with Gasteiger partial charge in [-0.3, -0.25) is 14.9 Å². The fraction of sp³-hybridized carbons (Fsp3) is 0.438. The van der Waals surface area contributed by atoms with E-state index in [0.29, 0.717) is 16.9 Å². The fourth-order valence-corrected chi connectivity index (χ4v) is 3.42. The number of hydrogen-bond donors (Lipinski definition) is 2. The van der Waals surface area contributed by atoms with Crippen LogP contribution in [0.25, 0.3) is 0 Å². The molecule has 1 saturated heterocycles. The maximum Gasteiger partial charge on any atom is 0.293 e. The first-order valence-corrected chi connectivity index (χ1v) is 8.78. The van der Waals surface area contributed by atoms with E-state index in [-0.39, 0.29) is 24.0 Å². The molecule has 2 amide bonds. The van der Waals surface area contributed by atoms with Crippen molar-refractivity contribution in [3.63, 3.8) is 0 Å². The van der Waals surface area contributed by atoms with Gasteiger partial charge < -0.3 is 14.6 Å². The molecular formula is C16H20N4O3S. The van der Waals surface area contributed by atoms with Crippen LogP contribution in [0.4, 0.5) is 5.13 Å². The molecule has 2 aromatic heterocycles. The number of rotatable bonds is 5. The Bertz CT molecular complexity index is 698. The minimum atomic E-state index is -0.347. The number of nitrogens with zero attached hydrogens (tertiary/aromatic N) is 2.